The van der Waals surface area contributed by atoms with Crippen LogP contribution in [0.5, 0.6) is 0 Å². The molecule has 0 fully saturated rings. The molecule has 1 aliphatic rings. The number of nitrogens with zero attached hydrogens (tertiary/aromatic N) is 1. The van der Waals surface area contributed by atoms with Crippen molar-refractivity contribution in [1.82, 2.24) is 0 Å². The molecule has 2 aromatic carbocycles. The summed E-state index contributed by atoms with van der Waals surface area (Å²) in [7, 11) is 1.33. The minimum atomic E-state index is -4.08. The van der Waals surface area contributed by atoms with Crippen molar-refractivity contribution < 1.29 is 27.5 Å². The Hall–Kier alpha value is -2.83. The van der Waals surface area contributed by atoms with Crippen LogP contribution in [0.15, 0.2) is 48.5 Å². The Balaban J connectivity index is 2.24. The highest BCUT2D eigenvalue weighted by atomic mass is 19.3. The highest BCUT2D eigenvalue weighted by Gasteiger charge is 2.59. The van der Waals surface area contributed by atoms with Crippen molar-refractivity contribution in [2.45, 2.75) is 18.8 Å². The second-order valence-corrected chi connectivity index (χ2v) is 6.31. The Bertz CT molecular complexity index is 870. The van der Waals surface area contributed by atoms with E-state index in [1.165, 1.54) is 20.0 Å². The SMILES string of the molecule is CCOC(=O)C(F)(F)C1C(=O)N(C)c2ccc(F)cc2C1c1ccccc1. The van der Waals surface area contributed by atoms with Crippen LogP contribution in [0.3, 0.4) is 0 Å². The van der Waals surface area contributed by atoms with E-state index in [1.807, 2.05) is 0 Å². The zero-order valence-corrected chi connectivity index (χ0v) is 14.8. The number of benzene rings is 2. The molecule has 142 valence electrons. The summed E-state index contributed by atoms with van der Waals surface area (Å²) in [6.45, 7) is 1.16. The van der Waals surface area contributed by atoms with Gasteiger partial charge in [-0.25, -0.2) is 9.18 Å². The third kappa shape index (κ3) is 3.18. The van der Waals surface area contributed by atoms with Gasteiger partial charge in [-0.15, -0.1) is 0 Å². The number of esters is 1. The third-order valence-corrected chi connectivity index (χ3v) is 4.71. The molecule has 1 heterocycles. The number of rotatable bonds is 4. The predicted octanol–water partition coefficient (Wildman–Crippen LogP) is 3.75. The fourth-order valence-corrected chi connectivity index (χ4v) is 3.48. The number of carbonyl (C=O) groups excluding carboxylic acids is 2. The first-order chi connectivity index (χ1) is 12.8. The number of alkyl halides is 2. The van der Waals surface area contributed by atoms with Crippen LogP contribution in [-0.4, -0.2) is 31.5 Å². The van der Waals surface area contributed by atoms with Gasteiger partial charge in [0.2, 0.25) is 5.91 Å². The lowest BCUT2D eigenvalue weighted by molar-refractivity contribution is -0.183. The van der Waals surface area contributed by atoms with Gasteiger partial charge in [0.25, 0.3) is 0 Å². The molecule has 0 aromatic heterocycles. The van der Waals surface area contributed by atoms with E-state index in [4.69, 9.17) is 0 Å². The van der Waals surface area contributed by atoms with Crippen LogP contribution < -0.4 is 4.90 Å². The van der Waals surface area contributed by atoms with Crippen molar-refractivity contribution in [2.75, 3.05) is 18.6 Å². The Kier molecular flexibility index (Phi) is 4.95. The molecule has 0 spiro atoms. The molecule has 3 rings (SSSR count). The molecule has 2 aromatic rings. The van der Waals surface area contributed by atoms with Crippen LogP contribution >= 0.6 is 0 Å². The van der Waals surface area contributed by atoms with E-state index in [2.05, 4.69) is 4.74 Å². The van der Waals surface area contributed by atoms with Crippen molar-refractivity contribution in [3.63, 3.8) is 0 Å². The van der Waals surface area contributed by atoms with E-state index in [9.17, 15) is 14.0 Å². The Morgan fingerprint density at radius 3 is 2.48 bits per heavy atom. The topological polar surface area (TPSA) is 46.6 Å². The van der Waals surface area contributed by atoms with Crippen molar-refractivity contribution in [3.8, 4) is 0 Å². The zero-order valence-electron chi connectivity index (χ0n) is 14.8. The second kappa shape index (κ2) is 7.06. The fourth-order valence-electron chi connectivity index (χ4n) is 3.48. The lowest BCUT2D eigenvalue weighted by Gasteiger charge is -2.40. The summed E-state index contributed by atoms with van der Waals surface area (Å²) >= 11 is 0. The number of fused-ring (bicyclic) bond motifs is 1. The lowest BCUT2D eigenvalue weighted by atomic mass is 9.73. The van der Waals surface area contributed by atoms with Gasteiger partial charge in [0, 0.05) is 18.7 Å². The maximum Gasteiger partial charge on any atom is 0.377 e. The lowest BCUT2D eigenvalue weighted by Crippen LogP contribution is -2.53. The summed E-state index contributed by atoms with van der Waals surface area (Å²) in [4.78, 5) is 25.8. The van der Waals surface area contributed by atoms with Gasteiger partial charge in [0.05, 0.1) is 6.61 Å². The first kappa shape index (κ1) is 18.9. The highest BCUT2D eigenvalue weighted by Crippen LogP contribution is 2.49. The first-order valence-electron chi connectivity index (χ1n) is 8.46. The van der Waals surface area contributed by atoms with Gasteiger partial charge in [-0.2, -0.15) is 8.78 Å². The molecule has 0 saturated heterocycles. The van der Waals surface area contributed by atoms with Gasteiger partial charge in [0.15, 0.2) is 0 Å². The van der Waals surface area contributed by atoms with Crippen LogP contribution in [0.25, 0.3) is 0 Å². The van der Waals surface area contributed by atoms with E-state index in [0.717, 1.165) is 17.0 Å². The zero-order chi connectivity index (χ0) is 19.8. The standard InChI is InChI=1S/C20H18F3NO3/c1-3-27-19(26)20(22,23)17-16(12-7-5-4-6-8-12)14-11-13(21)9-10-15(14)24(2)18(17)25/h4-11,16-17H,3H2,1-2H3. The van der Waals surface area contributed by atoms with Gasteiger partial charge in [-0.05, 0) is 36.2 Å². The van der Waals surface area contributed by atoms with E-state index in [-0.39, 0.29) is 12.2 Å². The Morgan fingerprint density at radius 2 is 1.85 bits per heavy atom. The maximum atomic E-state index is 15.0. The first-order valence-corrected chi connectivity index (χ1v) is 8.46. The van der Waals surface area contributed by atoms with Crippen molar-refractivity contribution in [1.29, 1.82) is 0 Å². The van der Waals surface area contributed by atoms with Gasteiger partial charge < -0.3 is 9.64 Å². The molecule has 0 bridgehead atoms. The van der Waals surface area contributed by atoms with Crippen LogP contribution in [0.2, 0.25) is 0 Å². The number of carbonyl (C=O) groups is 2. The summed E-state index contributed by atoms with van der Waals surface area (Å²) in [5.41, 5.74) is 0.934. The fraction of sp³-hybridized carbons (Fsp3) is 0.300. The van der Waals surface area contributed by atoms with Crippen LogP contribution in [0.4, 0.5) is 18.9 Å². The molecule has 4 nitrogen and oxygen atoms in total. The molecule has 7 heteroatoms. The summed E-state index contributed by atoms with van der Waals surface area (Å²) in [6.07, 6.45) is 0. The Morgan fingerprint density at radius 1 is 1.19 bits per heavy atom. The van der Waals surface area contributed by atoms with Crippen LogP contribution in [0.1, 0.15) is 24.0 Å². The molecule has 0 aliphatic carbocycles. The largest absolute Gasteiger partial charge is 0.462 e. The monoisotopic (exact) mass is 377 g/mol. The van der Waals surface area contributed by atoms with Crippen LogP contribution in [-0.2, 0) is 14.3 Å². The normalized spacial score (nSPS) is 19.6. The molecule has 0 N–H and O–H groups in total. The molecule has 2 unspecified atom stereocenters. The average molecular weight is 377 g/mol. The van der Waals surface area contributed by atoms with E-state index in [0.29, 0.717) is 11.3 Å². The van der Waals surface area contributed by atoms with Gasteiger partial charge in [-0.1, -0.05) is 30.3 Å². The summed E-state index contributed by atoms with van der Waals surface area (Å²) < 4.78 is 48.5. The highest BCUT2D eigenvalue weighted by molar-refractivity contribution is 6.02. The van der Waals surface area contributed by atoms with E-state index >= 15 is 8.78 Å². The smallest absolute Gasteiger partial charge is 0.377 e. The quantitative estimate of drug-likeness (QED) is 0.763. The summed E-state index contributed by atoms with van der Waals surface area (Å²) in [6, 6.07) is 11.8. The molecule has 27 heavy (non-hydrogen) atoms. The predicted molar refractivity (Wildman–Crippen MR) is 93.2 cm³/mol. The third-order valence-electron chi connectivity index (χ3n) is 4.71. The number of anilines is 1. The molecule has 0 radical (unpaired) electrons. The number of ether oxygens (including phenoxy) is 1. The van der Waals surface area contributed by atoms with Crippen molar-refractivity contribution in [3.05, 3.63) is 65.5 Å². The number of hydrogen-bond donors (Lipinski definition) is 0. The molecule has 0 saturated carbocycles. The molecule has 1 aliphatic heterocycles. The van der Waals surface area contributed by atoms with Crippen molar-refractivity contribution >= 4 is 17.6 Å². The average Bonchev–Trinajstić information content (AvgIpc) is 2.65. The molecule has 1 amide bonds. The van der Waals surface area contributed by atoms with Gasteiger partial charge in [-0.3, -0.25) is 4.79 Å². The van der Waals surface area contributed by atoms with Gasteiger partial charge >= 0.3 is 11.9 Å². The molecular weight excluding hydrogens is 359 g/mol. The maximum absolute atomic E-state index is 15.0. The Labute approximate surface area is 154 Å². The van der Waals surface area contributed by atoms with E-state index < -0.39 is 35.5 Å². The minimum absolute atomic E-state index is 0.220. The van der Waals surface area contributed by atoms with E-state index in [1.54, 1.807) is 30.3 Å². The summed E-state index contributed by atoms with van der Waals surface area (Å²) in [5, 5.41) is 0. The number of amides is 1. The second-order valence-electron chi connectivity index (χ2n) is 6.31. The van der Waals surface area contributed by atoms with Crippen molar-refractivity contribution in [2.24, 2.45) is 5.92 Å². The summed E-state index contributed by atoms with van der Waals surface area (Å²) in [5.74, 6) is -10.6. The molecular formula is C20H18F3NO3. The number of hydrogen-bond acceptors (Lipinski definition) is 3. The minimum Gasteiger partial charge on any atom is -0.462 e. The number of halogens is 3. The van der Waals surface area contributed by atoms with Crippen LogP contribution in [0, 0.1) is 11.7 Å². The molecule has 2 atom stereocenters. The van der Waals surface area contributed by atoms with Gasteiger partial charge in [0.1, 0.15) is 11.7 Å².